The Balaban J connectivity index is 1.94. The van der Waals surface area contributed by atoms with Crippen LogP contribution >= 0.6 is 11.6 Å². The molecule has 1 aliphatic rings. The zero-order valence-corrected chi connectivity index (χ0v) is 17.5. The lowest BCUT2D eigenvalue weighted by Gasteiger charge is -2.17. The summed E-state index contributed by atoms with van der Waals surface area (Å²) in [4.78, 5) is 12.7. The Morgan fingerprint density at radius 3 is 2.42 bits per heavy atom. The van der Waals surface area contributed by atoms with E-state index in [1.807, 2.05) is 18.2 Å². The van der Waals surface area contributed by atoms with Crippen molar-refractivity contribution < 1.29 is 27.4 Å². The summed E-state index contributed by atoms with van der Waals surface area (Å²) >= 11 is 5.45. The highest BCUT2D eigenvalue weighted by Gasteiger charge is 2.75. The van der Waals surface area contributed by atoms with Gasteiger partial charge in [-0.2, -0.15) is 13.2 Å². The standard InChI is InChI=1S/C23H19ClF3NO3/c1-21(2)18(12-19(24)23(25,26)27)22(21,20(29)30-14-28)13-15-7-6-10-17(11-15)31-16-8-4-3-5-9-16/h3-12,18H,13H2,1-2H3/b19-12-/t18-,22+/m0/s1. The van der Waals surface area contributed by atoms with E-state index in [0.717, 1.165) is 6.08 Å². The zero-order chi connectivity index (χ0) is 22.9. The molecule has 8 heteroatoms. The Morgan fingerprint density at radius 2 is 1.81 bits per heavy atom. The summed E-state index contributed by atoms with van der Waals surface area (Å²) in [6.45, 7) is 3.30. The number of para-hydroxylation sites is 1. The first kappa shape index (κ1) is 22.7. The fraction of sp³-hybridized carbons (Fsp3) is 0.304. The average Bonchev–Trinajstić information content (AvgIpc) is 3.16. The van der Waals surface area contributed by atoms with Crippen LogP contribution in [0.2, 0.25) is 0 Å². The van der Waals surface area contributed by atoms with Crippen LogP contribution in [0.25, 0.3) is 0 Å². The smallest absolute Gasteiger partial charge is 0.426 e. The molecule has 2 atom stereocenters. The van der Waals surface area contributed by atoms with Crippen LogP contribution < -0.4 is 4.74 Å². The van der Waals surface area contributed by atoms with Crippen LogP contribution in [0.1, 0.15) is 19.4 Å². The van der Waals surface area contributed by atoms with Crippen LogP contribution in [0.3, 0.4) is 0 Å². The first-order valence-corrected chi connectivity index (χ1v) is 9.77. The Labute approximate surface area is 182 Å². The predicted molar refractivity (Wildman–Crippen MR) is 108 cm³/mol. The van der Waals surface area contributed by atoms with Crippen molar-refractivity contribution in [3.8, 4) is 17.8 Å². The number of halogens is 4. The molecule has 0 radical (unpaired) electrons. The Hall–Kier alpha value is -2.98. The summed E-state index contributed by atoms with van der Waals surface area (Å²) in [7, 11) is 0. The van der Waals surface area contributed by atoms with Gasteiger partial charge in [-0.3, -0.25) is 4.79 Å². The number of benzene rings is 2. The minimum atomic E-state index is -4.73. The highest BCUT2D eigenvalue weighted by Crippen LogP contribution is 2.72. The van der Waals surface area contributed by atoms with E-state index in [2.05, 4.69) is 4.74 Å². The van der Waals surface area contributed by atoms with Gasteiger partial charge < -0.3 is 9.47 Å². The number of carbonyl (C=O) groups is 1. The summed E-state index contributed by atoms with van der Waals surface area (Å²) in [5, 5.41) is 7.53. The van der Waals surface area contributed by atoms with Crippen molar-refractivity contribution in [2.75, 3.05) is 0 Å². The van der Waals surface area contributed by atoms with E-state index in [1.54, 1.807) is 50.2 Å². The maximum Gasteiger partial charge on any atom is 0.426 e. The van der Waals surface area contributed by atoms with Crippen molar-refractivity contribution in [2.24, 2.45) is 16.7 Å². The van der Waals surface area contributed by atoms with Gasteiger partial charge in [0, 0.05) is 5.92 Å². The molecule has 1 fully saturated rings. The largest absolute Gasteiger partial charge is 0.457 e. The van der Waals surface area contributed by atoms with Gasteiger partial charge in [-0.25, -0.2) is 0 Å². The maximum absolute atomic E-state index is 13.0. The lowest BCUT2D eigenvalue weighted by Crippen LogP contribution is -2.26. The Kier molecular flexibility index (Phi) is 6.06. The van der Waals surface area contributed by atoms with Crippen LogP contribution in [-0.2, 0) is 16.0 Å². The maximum atomic E-state index is 13.0. The van der Waals surface area contributed by atoms with Crippen LogP contribution in [-0.4, -0.2) is 12.1 Å². The molecule has 4 nitrogen and oxygen atoms in total. The summed E-state index contributed by atoms with van der Waals surface area (Å²) in [5.74, 6) is -0.634. The number of nitrogens with zero attached hydrogens (tertiary/aromatic N) is 1. The molecule has 0 spiro atoms. The highest BCUT2D eigenvalue weighted by molar-refractivity contribution is 6.30. The number of hydrogen-bond acceptors (Lipinski definition) is 4. The molecular weight excluding hydrogens is 431 g/mol. The van der Waals surface area contributed by atoms with Gasteiger partial charge in [0.1, 0.15) is 16.5 Å². The third kappa shape index (κ3) is 4.40. The fourth-order valence-corrected chi connectivity index (χ4v) is 4.21. The average molecular weight is 450 g/mol. The number of rotatable bonds is 6. The molecule has 3 rings (SSSR count). The molecule has 0 aromatic heterocycles. The molecule has 0 heterocycles. The van der Waals surface area contributed by atoms with Crippen molar-refractivity contribution in [2.45, 2.75) is 26.4 Å². The van der Waals surface area contributed by atoms with E-state index >= 15 is 0 Å². The van der Waals surface area contributed by atoms with E-state index < -0.39 is 33.9 Å². The predicted octanol–water partition coefficient (Wildman–Crippen LogP) is 6.37. The third-order valence-corrected chi connectivity index (χ3v) is 6.16. The highest BCUT2D eigenvalue weighted by atomic mass is 35.5. The SMILES string of the molecule is CC1(C)[C@H](/C=C(\Cl)C(F)(F)F)[C@]1(Cc1cccc(Oc2ccccc2)c1)C(=O)OC#N. The van der Waals surface area contributed by atoms with Gasteiger partial charge in [-0.1, -0.05) is 61.9 Å². The molecule has 0 unspecified atom stereocenters. The van der Waals surface area contributed by atoms with Gasteiger partial charge in [0.25, 0.3) is 6.26 Å². The van der Waals surface area contributed by atoms with E-state index in [-0.39, 0.29) is 6.42 Å². The van der Waals surface area contributed by atoms with Crippen LogP contribution in [0.5, 0.6) is 11.5 Å². The van der Waals surface area contributed by atoms with E-state index in [1.165, 1.54) is 6.26 Å². The molecule has 2 aromatic rings. The van der Waals surface area contributed by atoms with Crippen molar-refractivity contribution >= 4 is 17.6 Å². The molecule has 2 aromatic carbocycles. The molecule has 162 valence electrons. The fourth-order valence-electron chi connectivity index (χ4n) is 4.08. The summed E-state index contributed by atoms with van der Waals surface area (Å²) in [5.41, 5.74) is -1.64. The van der Waals surface area contributed by atoms with Crippen LogP contribution in [0, 0.1) is 28.3 Å². The second kappa shape index (κ2) is 8.27. The normalized spacial score (nSPS) is 22.4. The second-order valence-corrected chi connectivity index (χ2v) is 8.31. The van der Waals surface area contributed by atoms with Gasteiger partial charge in [0.05, 0.1) is 5.41 Å². The summed E-state index contributed by atoms with van der Waals surface area (Å²) in [6.07, 6.45) is -2.50. The van der Waals surface area contributed by atoms with Gasteiger partial charge in [-0.05, 0) is 41.7 Å². The van der Waals surface area contributed by atoms with Crippen molar-refractivity contribution in [1.29, 1.82) is 5.26 Å². The van der Waals surface area contributed by atoms with Gasteiger partial charge in [0.15, 0.2) is 0 Å². The first-order valence-electron chi connectivity index (χ1n) is 9.39. The number of allylic oxidation sites excluding steroid dienone is 2. The first-order chi connectivity index (χ1) is 14.5. The number of nitriles is 1. The number of ether oxygens (including phenoxy) is 2. The van der Waals surface area contributed by atoms with Gasteiger partial charge in [0.2, 0.25) is 0 Å². The van der Waals surface area contributed by atoms with Gasteiger partial charge >= 0.3 is 12.1 Å². The number of carbonyl (C=O) groups excluding carboxylic acids is 1. The Bertz CT molecular complexity index is 1040. The quantitative estimate of drug-likeness (QED) is 0.379. The molecule has 0 bridgehead atoms. The molecule has 0 aliphatic heterocycles. The Morgan fingerprint density at radius 1 is 1.16 bits per heavy atom. The minimum Gasteiger partial charge on any atom is -0.457 e. The molecule has 0 N–H and O–H groups in total. The van der Waals surface area contributed by atoms with Crippen molar-refractivity contribution in [3.05, 3.63) is 71.3 Å². The molecule has 0 amide bonds. The second-order valence-electron chi connectivity index (χ2n) is 7.90. The molecule has 1 saturated carbocycles. The van der Waals surface area contributed by atoms with Gasteiger partial charge in [-0.15, -0.1) is 5.26 Å². The molecular formula is C23H19ClF3NO3. The van der Waals surface area contributed by atoms with Crippen molar-refractivity contribution in [3.63, 3.8) is 0 Å². The third-order valence-electron chi connectivity index (χ3n) is 5.82. The van der Waals surface area contributed by atoms with Crippen LogP contribution in [0.15, 0.2) is 65.7 Å². The minimum absolute atomic E-state index is 0.0513. The lowest BCUT2D eigenvalue weighted by molar-refractivity contribution is -0.145. The monoisotopic (exact) mass is 449 g/mol. The summed E-state index contributed by atoms with van der Waals surface area (Å²) < 4.78 is 49.4. The molecule has 1 aliphatic carbocycles. The van der Waals surface area contributed by atoms with Crippen LogP contribution in [0.4, 0.5) is 13.2 Å². The topological polar surface area (TPSA) is 59.3 Å². The number of esters is 1. The number of alkyl halides is 3. The van der Waals surface area contributed by atoms with E-state index in [9.17, 15) is 18.0 Å². The number of hydrogen-bond donors (Lipinski definition) is 0. The summed E-state index contributed by atoms with van der Waals surface area (Å²) in [6, 6.07) is 15.9. The van der Waals surface area contributed by atoms with Crippen molar-refractivity contribution in [1.82, 2.24) is 0 Å². The van der Waals surface area contributed by atoms with E-state index in [4.69, 9.17) is 21.6 Å². The lowest BCUT2D eigenvalue weighted by atomic mass is 9.88. The molecule has 0 saturated heterocycles. The molecule has 31 heavy (non-hydrogen) atoms. The van der Waals surface area contributed by atoms with E-state index in [0.29, 0.717) is 17.1 Å². The zero-order valence-electron chi connectivity index (χ0n) is 16.7.